The van der Waals surface area contributed by atoms with Crippen LogP contribution in [0.2, 0.25) is 0 Å². The van der Waals surface area contributed by atoms with Crippen LogP contribution in [-0.2, 0) is 0 Å². The van der Waals surface area contributed by atoms with Crippen molar-refractivity contribution in [3.8, 4) is 23.1 Å². The first-order valence-corrected chi connectivity index (χ1v) is 11.0. The zero-order valence-corrected chi connectivity index (χ0v) is 20.2. The normalized spacial score (nSPS) is 11.2. The van der Waals surface area contributed by atoms with E-state index in [1.807, 2.05) is 6.92 Å². The Labute approximate surface area is 206 Å². The first-order chi connectivity index (χ1) is 17.0. The Morgan fingerprint density at radius 2 is 1.89 bits per heavy atom. The number of nitrogen functional groups attached to an aromatic ring is 1. The molecule has 0 unspecified atom stereocenters. The summed E-state index contributed by atoms with van der Waals surface area (Å²) in [6, 6.07) is 12.8. The highest BCUT2D eigenvalue weighted by Crippen LogP contribution is 2.32. The molecule has 2 aromatic heterocycles. The number of fused-ring (bicyclic) bond motifs is 1. The number of phenolic OH excluding ortho intramolecular Hbond substituents is 1. The number of amides is 2. The van der Waals surface area contributed by atoms with Gasteiger partial charge in [-0.1, -0.05) is 12.1 Å². The minimum Gasteiger partial charge on any atom is -0.504 e. The van der Waals surface area contributed by atoms with Crippen LogP contribution in [0.15, 0.2) is 54.7 Å². The summed E-state index contributed by atoms with van der Waals surface area (Å²) in [5.41, 5.74) is 6.91. The first-order valence-electron chi connectivity index (χ1n) is 11.0. The van der Waals surface area contributed by atoms with E-state index >= 15 is 0 Å². The number of nitrogens with one attached hydrogen (secondary N) is 2. The van der Waals surface area contributed by atoms with Crippen LogP contribution in [0.1, 0.15) is 36.7 Å². The molecule has 2 amide bonds. The summed E-state index contributed by atoms with van der Waals surface area (Å²) >= 11 is 0. The molecule has 0 saturated heterocycles. The number of rotatable bonds is 5. The van der Waals surface area contributed by atoms with E-state index < -0.39 is 17.5 Å². The molecule has 11 heteroatoms. The lowest BCUT2D eigenvalue weighted by atomic mass is 10.1. The van der Waals surface area contributed by atoms with Gasteiger partial charge in [-0.2, -0.15) is 0 Å². The Morgan fingerprint density at radius 3 is 2.64 bits per heavy atom. The predicted octanol–water partition coefficient (Wildman–Crippen LogP) is 4.26. The fraction of sp³-hybridized carbons (Fsp3) is 0.200. The largest absolute Gasteiger partial charge is 0.504 e. The number of aryl methyl sites for hydroxylation is 1. The molecule has 186 valence electrons. The van der Waals surface area contributed by atoms with E-state index in [1.165, 1.54) is 22.7 Å². The quantitative estimate of drug-likeness (QED) is 0.324. The van der Waals surface area contributed by atoms with Gasteiger partial charge in [-0.25, -0.2) is 14.3 Å². The molecule has 0 aliphatic heterocycles. The van der Waals surface area contributed by atoms with Crippen molar-refractivity contribution < 1.29 is 24.2 Å². The van der Waals surface area contributed by atoms with Gasteiger partial charge >= 0.3 is 6.09 Å². The molecular formula is C25H26N6O5. The van der Waals surface area contributed by atoms with Gasteiger partial charge in [-0.3, -0.25) is 4.79 Å². The van der Waals surface area contributed by atoms with Crippen LogP contribution in [0.3, 0.4) is 0 Å². The number of hydrogen-bond acceptors (Lipinski definition) is 8. The summed E-state index contributed by atoms with van der Waals surface area (Å²) < 4.78 is 12.6. The third kappa shape index (κ3) is 5.63. The van der Waals surface area contributed by atoms with Crippen LogP contribution in [0.25, 0.3) is 5.65 Å². The van der Waals surface area contributed by atoms with Crippen molar-refractivity contribution in [2.75, 3.05) is 11.1 Å². The number of para-hydroxylation sites is 1. The zero-order chi connectivity index (χ0) is 26.0. The molecule has 5 N–H and O–H groups in total. The molecule has 36 heavy (non-hydrogen) atoms. The molecule has 11 nitrogen and oxygen atoms in total. The summed E-state index contributed by atoms with van der Waals surface area (Å²) in [4.78, 5) is 29.5. The fourth-order valence-corrected chi connectivity index (χ4v) is 3.28. The van der Waals surface area contributed by atoms with Crippen molar-refractivity contribution in [2.45, 2.75) is 33.2 Å². The Hall–Kier alpha value is -4.80. The molecule has 0 radical (unpaired) electrons. The number of nitrogens with zero attached hydrogens (tertiary/aromatic N) is 3. The minimum atomic E-state index is -0.797. The van der Waals surface area contributed by atoms with Crippen molar-refractivity contribution in [1.29, 1.82) is 0 Å². The third-order valence-electron chi connectivity index (χ3n) is 4.90. The van der Waals surface area contributed by atoms with Gasteiger partial charge in [0.15, 0.2) is 17.1 Å². The number of ether oxygens (including phenoxy) is 2. The number of aromatic hydroxyl groups is 1. The summed E-state index contributed by atoms with van der Waals surface area (Å²) in [6.07, 6.45) is 0.772. The average molecular weight is 491 g/mol. The number of imidazole rings is 1. The Bertz CT molecular complexity index is 1460. The zero-order valence-electron chi connectivity index (χ0n) is 20.2. The van der Waals surface area contributed by atoms with Crippen molar-refractivity contribution in [1.82, 2.24) is 19.9 Å². The van der Waals surface area contributed by atoms with Crippen LogP contribution >= 0.6 is 0 Å². The topological polar surface area (TPSA) is 153 Å². The van der Waals surface area contributed by atoms with E-state index in [9.17, 15) is 14.7 Å². The van der Waals surface area contributed by atoms with E-state index in [2.05, 4.69) is 20.7 Å². The molecule has 4 aromatic rings. The second-order valence-electron chi connectivity index (χ2n) is 9.09. The van der Waals surface area contributed by atoms with E-state index in [0.717, 1.165) is 5.56 Å². The number of carbonyl (C=O) groups excluding carboxylic acids is 2. The minimum absolute atomic E-state index is 0.0189. The molecule has 2 aromatic carbocycles. The van der Waals surface area contributed by atoms with E-state index in [-0.39, 0.29) is 17.1 Å². The number of nitrogens with two attached hydrogens (primary N) is 1. The smallest absolute Gasteiger partial charge is 0.413 e. The van der Waals surface area contributed by atoms with Gasteiger partial charge in [-0.15, -0.1) is 5.10 Å². The van der Waals surface area contributed by atoms with E-state index in [0.29, 0.717) is 28.8 Å². The van der Waals surface area contributed by atoms with E-state index in [4.69, 9.17) is 15.2 Å². The van der Waals surface area contributed by atoms with Gasteiger partial charge in [0.1, 0.15) is 11.6 Å². The van der Waals surface area contributed by atoms with Crippen LogP contribution in [-0.4, -0.2) is 37.2 Å². The number of hydrogen-bond donors (Lipinski definition) is 4. The molecule has 0 fully saturated rings. The van der Waals surface area contributed by atoms with Crippen LogP contribution in [0, 0.1) is 6.92 Å². The van der Waals surface area contributed by atoms with Gasteiger partial charge in [0.2, 0.25) is 5.88 Å². The third-order valence-corrected chi connectivity index (χ3v) is 4.90. The lowest BCUT2D eigenvalue weighted by Gasteiger charge is -2.20. The second-order valence-corrected chi connectivity index (χ2v) is 9.09. The summed E-state index contributed by atoms with van der Waals surface area (Å²) in [5, 5.41) is 20.0. The highest BCUT2D eigenvalue weighted by atomic mass is 16.6. The summed E-state index contributed by atoms with van der Waals surface area (Å²) in [5.74, 6) is -0.118. The predicted molar refractivity (Wildman–Crippen MR) is 134 cm³/mol. The molecule has 0 atom stereocenters. The van der Waals surface area contributed by atoms with Crippen molar-refractivity contribution in [3.05, 3.63) is 65.9 Å². The van der Waals surface area contributed by atoms with Crippen LogP contribution < -0.4 is 25.8 Å². The number of aromatic nitrogens is 3. The van der Waals surface area contributed by atoms with Crippen LogP contribution in [0.4, 0.5) is 16.3 Å². The lowest BCUT2D eigenvalue weighted by Crippen LogP contribution is -2.42. The van der Waals surface area contributed by atoms with E-state index in [1.54, 1.807) is 57.3 Å². The Morgan fingerprint density at radius 1 is 1.11 bits per heavy atom. The monoisotopic (exact) mass is 490 g/mol. The maximum Gasteiger partial charge on any atom is 0.413 e. The van der Waals surface area contributed by atoms with Gasteiger partial charge in [0, 0.05) is 23.4 Å². The molecule has 0 spiro atoms. The summed E-state index contributed by atoms with van der Waals surface area (Å²) in [6.45, 7) is 7.16. The fourth-order valence-electron chi connectivity index (χ4n) is 3.28. The molecule has 4 rings (SSSR count). The number of benzene rings is 2. The SMILES string of the molecule is Cc1ccc(Oc2ccc3nc(N)cn3n2)cc1NC(=O)c1cccc(O)c1OC(=O)NC(C)(C)C. The number of phenols is 1. The van der Waals surface area contributed by atoms with Crippen LogP contribution in [0.5, 0.6) is 23.1 Å². The highest BCUT2D eigenvalue weighted by molar-refractivity contribution is 6.07. The highest BCUT2D eigenvalue weighted by Gasteiger charge is 2.22. The van der Waals surface area contributed by atoms with Gasteiger partial charge in [0.25, 0.3) is 5.91 Å². The molecule has 0 aliphatic rings. The molecule has 0 saturated carbocycles. The molecule has 0 aliphatic carbocycles. The molecule has 0 bridgehead atoms. The van der Waals surface area contributed by atoms with Crippen molar-refractivity contribution >= 4 is 29.2 Å². The summed E-state index contributed by atoms with van der Waals surface area (Å²) in [7, 11) is 0. The van der Waals surface area contributed by atoms with Gasteiger partial charge < -0.3 is 30.9 Å². The Kier molecular flexibility index (Phi) is 6.39. The maximum absolute atomic E-state index is 13.1. The van der Waals surface area contributed by atoms with Gasteiger partial charge in [0.05, 0.1) is 11.8 Å². The first kappa shape index (κ1) is 24.3. The Balaban J connectivity index is 1.55. The lowest BCUT2D eigenvalue weighted by molar-refractivity contribution is 0.102. The van der Waals surface area contributed by atoms with Crippen molar-refractivity contribution in [2.24, 2.45) is 0 Å². The van der Waals surface area contributed by atoms with Gasteiger partial charge in [-0.05, 0) is 57.5 Å². The number of anilines is 2. The molecular weight excluding hydrogens is 464 g/mol. The standard InChI is InChI=1S/C25H26N6O5/c1-14-8-9-15(35-21-11-10-20-28-19(26)13-31(20)30-21)12-17(14)27-23(33)16-6-5-7-18(32)22(16)36-24(34)29-25(2,3)4/h5-13,32H,26H2,1-4H3,(H,27,33)(H,29,34). The number of carbonyl (C=O) groups is 2. The average Bonchev–Trinajstić information content (AvgIpc) is 3.15. The second kappa shape index (κ2) is 9.45. The van der Waals surface area contributed by atoms with Crippen molar-refractivity contribution in [3.63, 3.8) is 0 Å². The maximum atomic E-state index is 13.1. The molecule has 2 heterocycles.